The number of carbonyl (C=O) groups is 2. The molecule has 0 radical (unpaired) electrons. The van der Waals surface area contributed by atoms with Gasteiger partial charge < -0.3 is 14.9 Å². The first-order chi connectivity index (χ1) is 13.0. The highest BCUT2D eigenvalue weighted by molar-refractivity contribution is 7.19. The van der Waals surface area contributed by atoms with Gasteiger partial charge in [0, 0.05) is 6.42 Å². The van der Waals surface area contributed by atoms with Gasteiger partial charge in [-0.2, -0.15) is 0 Å². The lowest BCUT2D eigenvalue weighted by Gasteiger charge is -2.05. The summed E-state index contributed by atoms with van der Waals surface area (Å²) in [6.07, 6.45) is 2.29. The van der Waals surface area contributed by atoms with E-state index >= 15 is 0 Å². The maximum absolute atomic E-state index is 11.0. The molecule has 0 saturated carbocycles. The van der Waals surface area contributed by atoms with E-state index in [4.69, 9.17) is 14.9 Å². The first-order valence-electron chi connectivity index (χ1n) is 8.24. The Morgan fingerprint density at radius 2 is 1.74 bits per heavy atom. The lowest BCUT2D eigenvalue weighted by atomic mass is 10.1. The second-order valence-electron chi connectivity index (χ2n) is 5.80. The molecule has 7 heteroatoms. The van der Waals surface area contributed by atoms with Crippen molar-refractivity contribution in [3.05, 3.63) is 59.1 Å². The maximum Gasteiger partial charge on any atom is 0.341 e. The SMILES string of the molecule is O=C(O)CC/C(=C\c1ccc(OCC(=O)O)cc1)c1nc2ccccc2s1. The zero-order valence-electron chi connectivity index (χ0n) is 14.3. The Hall–Kier alpha value is -3.19. The van der Waals surface area contributed by atoms with Crippen molar-refractivity contribution in [1.82, 2.24) is 4.98 Å². The van der Waals surface area contributed by atoms with Gasteiger partial charge >= 0.3 is 11.9 Å². The third-order valence-electron chi connectivity index (χ3n) is 3.76. The normalized spacial score (nSPS) is 11.5. The number of nitrogens with zero attached hydrogens (tertiary/aromatic N) is 1. The van der Waals surface area contributed by atoms with E-state index < -0.39 is 18.5 Å². The summed E-state index contributed by atoms with van der Waals surface area (Å²) in [5, 5.41) is 18.5. The van der Waals surface area contributed by atoms with Gasteiger partial charge in [0.05, 0.1) is 10.2 Å². The van der Waals surface area contributed by atoms with E-state index in [-0.39, 0.29) is 6.42 Å². The molecule has 0 spiro atoms. The van der Waals surface area contributed by atoms with Gasteiger partial charge in [-0.1, -0.05) is 24.3 Å². The fourth-order valence-electron chi connectivity index (χ4n) is 2.50. The van der Waals surface area contributed by atoms with Crippen LogP contribution in [0.3, 0.4) is 0 Å². The maximum atomic E-state index is 11.0. The summed E-state index contributed by atoms with van der Waals surface area (Å²) in [6.45, 7) is -0.398. The number of aliphatic carboxylic acids is 2. The van der Waals surface area contributed by atoms with Crippen molar-refractivity contribution < 1.29 is 24.5 Å². The van der Waals surface area contributed by atoms with Gasteiger partial charge in [-0.25, -0.2) is 9.78 Å². The van der Waals surface area contributed by atoms with Gasteiger partial charge in [0.2, 0.25) is 0 Å². The summed E-state index contributed by atoms with van der Waals surface area (Å²) in [5.74, 6) is -1.44. The van der Waals surface area contributed by atoms with Crippen LogP contribution in [0.2, 0.25) is 0 Å². The summed E-state index contributed by atoms with van der Waals surface area (Å²) in [4.78, 5) is 26.2. The highest BCUT2D eigenvalue weighted by atomic mass is 32.1. The molecular weight excluding hydrogens is 366 g/mol. The van der Waals surface area contributed by atoms with Crippen molar-refractivity contribution in [2.45, 2.75) is 12.8 Å². The molecule has 2 aromatic carbocycles. The van der Waals surface area contributed by atoms with Crippen molar-refractivity contribution in [2.24, 2.45) is 0 Å². The van der Waals surface area contributed by atoms with Crippen LogP contribution in [0.5, 0.6) is 5.75 Å². The number of hydrogen-bond donors (Lipinski definition) is 2. The van der Waals surface area contributed by atoms with Crippen molar-refractivity contribution in [2.75, 3.05) is 6.61 Å². The molecule has 0 saturated heterocycles. The third kappa shape index (κ3) is 5.15. The summed E-state index contributed by atoms with van der Waals surface area (Å²) >= 11 is 1.53. The Bertz CT molecular complexity index is 958. The molecule has 1 heterocycles. The standard InChI is InChI=1S/C20H17NO5S/c22-18(23)10-7-14(20-21-16-3-1-2-4-17(16)27-20)11-13-5-8-15(9-6-13)26-12-19(24)25/h1-6,8-9,11H,7,10,12H2,(H,22,23)(H,24,25)/b14-11+. The molecule has 0 aliphatic heterocycles. The molecule has 0 fully saturated rings. The molecule has 0 atom stereocenters. The molecule has 1 aromatic heterocycles. The number of rotatable bonds is 8. The van der Waals surface area contributed by atoms with E-state index in [1.165, 1.54) is 11.3 Å². The van der Waals surface area contributed by atoms with E-state index in [2.05, 4.69) is 4.98 Å². The molecule has 0 aliphatic rings. The number of ether oxygens (including phenoxy) is 1. The van der Waals surface area contributed by atoms with E-state index in [1.807, 2.05) is 30.3 Å². The Morgan fingerprint density at radius 3 is 2.41 bits per heavy atom. The van der Waals surface area contributed by atoms with Crippen LogP contribution in [0.1, 0.15) is 23.4 Å². The van der Waals surface area contributed by atoms with Gasteiger partial charge in [0.1, 0.15) is 10.8 Å². The van der Waals surface area contributed by atoms with Crippen LogP contribution in [0.15, 0.2) is 48.5 Å². The van der Waals surface area contributed by atoms with Crippen LogP contribution in [0.25, 0.3) is 21.9 Å². The highest BCUT2D eigenvalue weighted by Gasteiger charge is 2.11. The first kappa shape index (κ1) is 18.6. The molecule has 27 heavy (non-hydrogen) atoms. The van der Waals surface area contributed by atoms with Crippen LogP contribution in [0.4, 0.5) is 0 Å². The van der Waals surface area contributed by atoms with Crippen LogP contribution in [-0.4, -0.2) is 33.7 Å². The second kappa shape index (κ2) is 8.46. The zero-order valence-corrected chi connectivity index (χ0v) is 15.1. The van der Waals surface area contributed by atoms with E-state index in [0.29, 0.717) is 12.2 Å². The fourth-order valence-corrected chi connectivity index (χ4v) is 3.51. The minimum atomic E-state index is -1.04. The Morgan fingerprint density at radius 1 is 1.00 bits per heavy atom. The number of fused-ring (bicyclic) bond motifs is 1. The molecule has 0 bridgehead atoms. The van der Waals surface area contributed by atoms with Crippen molar-refractivity contribution >= 4 is 45.1 Å². The zero-order chi connectivity index (χ0) is 19.2. The van der Waals surface area contributed by atoms with Gasteiger partial charge in [-0.05, 0) is 47.9 Å². The highest BCUT2D eigenvalue weighted by Crippen LogP contribution is 2.31. The lowest BCUT2D eigenvalue weighted by Crippen LogP contribution is -2.09. The number of carboxylic acid groups (broad SMARTS) is 2. The number of thiazole rings is 1. The number of aromatic nitrogens is 1. The Kier molecular flexibility index (Phi) is 5.83. The van der Waals surface area contributed by atoms with Crippen LogP contribution in [-0.2, 0) is 9.59 Å². The lowest BCUT2D eigenvalue weighted by molar-refractivity contribution is -0.139. The Labute approximate surface area is 159 Å². The van der Waals surface area contributed by atoms with Crippen LogP contribution < -0.4 is 4.74 Å². The predicted molar refractivity (Wildman–Crippen MR) is 104 cm³/mol. The van der Waals surface area contributed by atoms with Crippen LogP contribution >= 0.6 is 11.3 Å². The molecule has 0 unspecified atom stereocenters. The van der Waals surface area contributed by atoms with E-state index in [9.17, 15) is 9.59 Å². The first-order valence-corrected chi connectivity index (χ1v) is 9.06. The van der Waals surface area contributed by atoms with Crippen molar-refractivity contribution in [1.29, 1.82) is 0 Å². The van der Waals surface area contributed by atoms with Gasteiger partial charge in [-0.3, -0.25) is 4.79 Å². The topological polar surface area (TPSA) is 96.7 Å². The van der Waals surface area contributed by atoms with E-state index in [1.54, 1.807) is 24.3 Å². The van der Waals surface area contributed by atoms with Crippen molar-refractivity contribution in [3.63, 3.8) is 0 Å². The van der Waals surface area contributed by atoms with Gasteiger partial charge in [0.25, 0.3) is 0 Å². The quantitative estimate of drug-likeness (QED) is 0.606. The van der Waals surface area contributed by atoms with Crippen LogP contribution in [0, 0.1) is 0 Å². The monoisotopic (exact) mass is 383 g/mol. The second-order valence-corrected chi connectivity index (χ2v) is 6.83. The number of carboxylic acids is 2. The van der Waals surface area contributed by atoms with Gasteiger partial charge in [-0.15, -0.1) is 11.3 Å². The number of para-hydroxylation sites is 1. The molecule has 0 amide bonds. The largest absolute Gasteiger partial charge is 0.482 e. The summed E-state index contributed by atoms with van der Waals surface area (Å²) < 4.78 is 6.17. The molecule has 3 aromatic rings. The molecule has 2 N–H and O–H groups in total. The molecule has 6 nitrogen and oxygen atoms in total. The fraction of sp³-hybridized carbons (Fsp3) is 0.150. The molecular formula is C20H17NO5S. The molecule has 138 valence electrons. The smallest absolute Gasteiger partial charge is 0.341 e. The predicted octanol–water partition coefficient (Wildman–Crippen LogP) is 4.17. The summed E-state index contributed by atoms with van der Waals surface area (Å²) in [6, 6.07) is 14.7. The molecule has 0 aliphatic carbocycles. The molecule has 3 rings (SSSR count). The minimum absolute atomic E-state index is 0.0154. The average molecular weight is 383 g/mol. The van der Waals surface area contributed by atoms with Crippen molar-refractivity contribution in [3.8, 4) is 5.75 Å². The van der Waals surface area contributed by atoms with E-state index in [0.717, 1.165) is 26.4 Å². The third-order valence-corrected chi connectivity index (χ3v) is 4.87. The van der Waals surface area contributed by atoms with Gasteiger partial charge in [0.15, 0.2) is 6.61 Å². The summed E-state index contributed by atoms with van der Waals surface area (Å²) in [5.41, 5.74) is 2.59. The minimum Gasteiger partial charge on any atom is -0.482 e. The average Bonchev–Trinajstić information content (AvgIpc) is 3.08. The number of hydrogen-bond acceptors (Lipinski definition) is 5. The Balaban J connectivity index is 1.87. The number of allylic oxidation sites excluding steroid dienone is 1. The number of benzene rings is 2. The summed E-state index contributed by atoms with van der Waals surface area (Å²) in [7, 11) is 0.